The minimum Gasteiger partial charge on any atom is -0.377 e. The van der Waals surface area contributed by atoms with E-state index in [4.69, 9.17) is 15.5 Å². The van der Waals surface area contributed by atoms with Gasteiger partial charge in [-0.05, 0) is 40.0 Å². The van der Waals surface area contributed by atoms with Gasteiger partial charge in [0.05, 0.1) is 11.6 Å². The van der Waals surface area contributed by atoms with E-state index in [2.05, 4.69) is 22.0 Å². The van der Waals surface area contributed by atoms with Crippen LogP contribution in [0, 0.1) is 11.3 Å². The Kier molecular flexibility index (Phi) is 5.33. The molecule has 0 bridgehead atoms. The summed E-state index contributed by atoms with van der Waals surface area (Å²) in [6.07, 6.45) is 6.85. The summed E-state index contributed by atoms with van der Waals surface area (Å²) in [6, 6.07) is 0.493. The second-order valence-electron chi connectivity index (χ2n) is 9.50. The molecule has 2 saturated heterocycles. The number of guanidine groups is 1. The molecule has 2 heterocycles. The van der Waals surface area contributed by atoms with Gasteiger partial charge in [-0.15, -0.1) is 0 Å². The molecule has 4 rings (SSSR count). The molecule has 2 saturated carbocycles. The quantitative estimate of drug-likeness (QED) is 0.555. The number of carbonyl (C=O) groups excluding carboxylic acids is 1. The van der Waals surface area contributed by atoms with Crippen LogP contribution in [0.4, 0.5) is 0 Å². The van der Waals surface area contributed by atoms with Crippen LogP contribution in [0.1, 0.15) is 52.9 Å². The lowest BCUT2D eigenvalue weighted by molar-refractivity contribution is -0.129. The summed E-state index contributed by atoms with van der Waals surface area (Å²) in [6.45, 7) is 11.0. The van der Waals surface area contributed by atoms with Crippen LogP contribution in [-0.2, 0) is 9.53 Å². The molecule has 2 aliphatic carbocycles. The number of piperazine rings is 1. The average molecular weight is 392 g/mol. The highest BCUT2D eigenvalue weighted by molar-refractivity contribution is 5.84. The van der Waals surface area contributed by atoms with Gasteiger partial charge >= 0.3 is 0 Å². The molecule has 1 spiro atoms. The Bertz CT molecular complexity index is 620. The van der Waals surface area contributed by atoms with Gasteiger partial charge in [0, 0.05) is 56.7 Å². The number of fused-ring (bicyclic) bond motifs is 2. The van der Waals surface area contributed by atoms with Gasteiger partial charge in [-0.2, -0.15) is 0 Å². The highest BCUT2D eigenvalue weighted by Crippen LogP contribution is 2.60. The molecule has 158 valence electrons. The van der Waals surface area contributed by atoms with Crippen LogP contribution >= 0.6 is 0 Å². The van der Waals surface area contributed by atoms with Crippen molar-refractivity contribution < 1.29 is 9.53 Å². The summed E-state index contributed by atoms with van der Waals surface area (Å²) in [5.41, 5.74) is 5.33. The molecule has 2 aliphatic heterocycles. The molecule has 7 nitrogen and oxygen atoms in total. The van der Waals surface area contributed by atoms with Crippen LogP contribution in [-0.4, -0.2) is 78.7 Å². The fourth-order valence-corrected chi connectivity index (χ4v) is 6.06. The number of amides is 1. The SMILES string of the molecule is CCN=C(NC1C2CCOC2C12CCCC2)N1CCN(C(C)(C)C(N)=O)CC1. The lowest BCUT2D eigenvalue weighted by Crippen LogP contribution is -2.70. The predicted octanol–water partition coefficient (Wildman–Crippen LogP) is 1.18. The second-order valence-corrected chi connectivity index (χ2v) is 9.50. The number of hydrogen-bond acceptors (Lipinski definition) is 4. The maximum Gasteiger partial charge on any atom is 0.237 e. The van der Waals surface area contributed by atoms with Crippen LogP contribution in [0.15, 0.2) is 4.99 Å². The number of ether oxygens (including phenoxy) is 1. The van der Waals surface area contributed by atoms with Gasteiger partial charge in [0.25, 0.3) is 0 Å². The first-order chi connectivity index (χ1) is 13.4. The number of nitrogens with one attached hydrogen (secondary N) is 1. The predicted molar refractivity (Wildman–Crippen MR) is 110 cm³/mol. The number of nitrogens with two attached hydrogens (primary N) is 1. The molecule has 0 aromatic carbocycles. The number of hydrogen-bond donors (Lipinski definition) is 2. The third kappa shape index (κ3) is 3.11. The van der Waals surface area contributed by atoms with Crippen molar-refractivity contribution in [2.75, 3.05) is 39.3 Å². The van der Waals surface area contributed by atoms with E-state index in [-0.39, 0.29) is 5.91 Å². The van der Waals surface area contributed by atoms with E-state index >= 15 is 0 Å². The molecular weight excluding hydrogens is 354 g/mol. The Hall–Kier alpha value is -1.34. The smallest absolute Gasteiger partial charge is 0.237 e. The normalized spacial score (nSPS) is 33.0. The van der Waals surface area contributed by atoms with Gasteiger partial charge in [-0.1, -0.05) is 12.8 Å². The van der Waals surface area contributed by atoms with Crippen LogP contribution in [0.3, 0.4) is 0 Å². The van der Waals surface area contributed by atoms with Crippen LogP contribution in [0.5, 0.6) is 0 Å². The lowest BCUT2D eigenvalue weighted by Gasteiger charge is -2.57. The summed E-state index contributed by atoms with van der Waals surface area (Å²) >= 11 is 0. The van der Waals surface area contributed by atoms with Crippen molar-refractivity contribution in [3.63, 3.8) is 0 Å². The lowest BCUT2D eigenvalue weighted by atomic mass is 9.54. The largest absolute Gasteiger partial charge is 0.377 e. The third-order valence-corrected chi connectivity index (χ3v) is 7.85. The number of primary amides is 1. The summed E-state index contributed by atoms with van der Waals surface area (Å²) in [7, 11) is 0. The molecule has 28 heavy (non-hydrogen) atoms. The van der Waals surface area contributed by atoms with Gasteiger partial charge < -0.3 is 20.7 Å². The van der Waals surface area contributed by atoms with E-state index in [9.17, 15) is 4.79 Å². The molecule has 0 aromatic rings. The Morgan fingerprint density at radius 1 is 1.25 bits per heavy atom. The van der Waals surface area contributed by atoms with E-state index in [1.807, 2.05) is 13.8 Å². The summed E-state index contributed by atoms with van der Waals surface area (Å²) in [5, 5.41) is 3.89. The number of carbonyl (C=O) groups is 1. The minimum absolute atomic E-state index is 0.258. The van der Waals surface area contributed by atoms with Crippen molar-refractivity contribution in [2.45, 2.75) is 70.6 Å². The molecule has 3 unspecified atom stereocenters. The van der Waals surface area contributed by atoms with E-state index in [1.165, 1.54) is 32.1 Å². The van der Waals surface area contributed by atoms with Gasteiger partial charge in [0.2, 0.25) is 5.91 Å². The maximum absolute atomic E-state index is 11.8. The fraction of sp³-hybridized carbons (Fsp3) is 0.905. The molecule has 3 atom stereocenters. The minimum atomic E-state index is -0.599. The fourth-order valence-electron chi connectivity index (χ4n) is 6.06. The van der Waals surface area contributed by atoms with Crippen molar-refractivity contribution >= 4 is 11.9 Å². The topological polar surface area (TPSA) is 83.2 Å². The molecule has 0 radical (unpaired) electrons. The molecule has 7 heteroatoms. The summed E-state index contributed by atoms with van der Waals surface area (Å²) in [4.78, 5) is 21.2. The summed E-state index contributed by atoms with van der Waals surface area (Å²) in [5.74, 6) is 1.42. The van der Waals surface area contributed by atoms with Crippen molar-refractivity contribution in [1.29, 1.82) is 0 Å². The Labute approximate surface area is 169 Å². The standard InChI is InChI=1S/C21H37N5O2/c1-4-23-19(25-10-12-26(13-11-25)20(2,3)18(22)27)24-16-15-7-14-28-17(15)21(16)8-5-6-9-21/h15-17H,4-14H2,1-3H3,(H2,22,27)(H,23,24). The highest BCUT2D eigenvalue weighted by Gasteiger charge is 2.65. The van der Waals surface area contributed by atoms with Crippen molar-refractivity contribution in [3.8, 4) is 0 Å². The third-order valence-electron chi connectivity index (χ3n) is 7.85. The molecule has 4 fully saturated rings. The van der Waals surface area contributed by atoms with Crippen LogP contribution in [0.25, 0.3) is 0 Å². The first kappa shape index (κ1) is 20.0. The van der Waals surface area contributed by atoms with E-state index in [0.29, 0.717) is 23.5 Å². The van der Waals surface area contributed by atoms with E-state index < -0.39 is 5.54 Å². The zero-order valence-electron chi connectivity index (χ0n) is 17.7. The van der Waals surface area contributed by atoms with Gasteiger partial charge in [-0.25, -0.2) is 0 Å². The van der Waals surface area contributed by atoms with E-state index in [1.54, 1.807) is 0 Å². The second kappa shape index (κ2) is 7.48. The molecule has 3 N–H and O–H groups in total. The Balaban J connectivity index is 1.43. The zero-order chi connectivity index (χ0) is 19.9. The van der Waals surface area contributed by atoms with Crippen LogP contribution < -0.4 is 11.1 Å². The first-order valence-corrected chi connectivity index (χ1v) is 11.1. The highest BCUT2D eigenvalue weighted by atomic mass is 16.5. The van der Waals surface area contributed by atoms with Crippen molar-refractivity contribution in [3.05, 3.63) is 0 Å². The van der Waals surface area contributed by atoms with Gasteiger partial charge in [0.1, 0.15) is 0 Å². The first-order valence-electron chi connectivity index (χ1n) is 11.1. The summed E-state index contributed by atoms with van der Waals surface area (Å²) < 4.78 is 6.14. The van der Waals surface area contributed by atoms with Gasteiger partial charge in [-0.3, -0.25) is 14.7 Å². The molecule has 1 amide bonds. The number of nitrogens with zero attached hydrogens (tertiary/aromatic N) is 3. The van der Waals surface area contributed by atoms with Crippen LogP contribution in [0.2, 0.25) is 0 Å². The zero-order valence-corrected chi connectivity index (χ0v) is 17.7. The average Bonchev–Trinajstić information content (AvgIpc) is 3.34. The van der Waals surface area contributed by atoms with Crippen molar-refractivity contribution in [2.24, 2.45) is 22.1 Å². The Morgan fingerprint density at radius 2 is 1.93 bits per heavy atom. The van der Waals surface area contributed by atoms with Crippen molar-refractivity contribution in [1.82, 2.24) is 15.1 Å². The van der Waals surface area contributed by atoms with Gasteiger partial charge in [0.15, 0.2) is 5.96 Å². The molecule has 0 aromatic heterocycles. The molecule has 4 aliphatic rings. The number of aliphatic imine (C=N–C) groups is 1. The van der Waals surface area contributed by atoms with E-state index in [0.717, 1.165) is 45.3 Å². The monoisotopic (exact) mass is 391 g/mol. The number of rotatable bonds is 4. The maximum atomic E-state index is 11.8. The Morgan fingerprint density at radius 3 is 2.54 bits per heavy atom. The molecular formula is C21H37N5O2.